The third-order valence-corrected chi connectivity index (χ3v) is 5.55. The molecule has 3 amide bonds. The summed E-state index contributed by atoms with van der Waals surface area (Å²) < 4.78 is 0. The molecule has 144 valence electrons. The summed E-state index contributed by atoms with van der Waals surface area (Å²) in [5, 5.41) is 2.80. The second-order valence-corrected chi connectivity index (χ2v) is 7.45. The van der Waals surface area contributed by atoms with Crippen LogP contribution in [0.4, 0.5) is 4.79 Å². The first-order valence-electron chi connectivity index (χ1n) is 8.03. The highest BCUT2D eigenvalue weighted by Crippen LogP contribution is 2.34. The number of nitrogens with one attached hydrogen (secondary N) is 2. The molecule has 1 aromatic heterocycles. The van der Waals surface area contributed by atoms with Gasteiger partial charge in [0.2, 0.25) is 5.56 Å². The molecule has 1 saturated heterocycles. The molecule has 1 aliphatic rings. The highest BCUT2D eigenvalue weighted by molar-refractivity contribution is 8.18. The van der Waals surface area contributed by atoms with Crippen molar-refractivity contribution in [1.82, 2.24) is 15.2 Å². The summed E-state index contributed by atoms with van der Waals surface area (Å²) >= 11 is 12.9. The van der Waals surface area contributed by atoms with Crippen molar-refractivity contribution < 1.29 is 14.4 Å². The van der Waals surface area contributed by atoms with Gasteiger partial charge in [-0.25, -0.2) is 0 Å². The van der Waals surface area contributed by atoms with Gasteiger partial charge in [0.15, 0.2) is 0 Å². The molecule has 1 fully saturated rings. The van der Waals surface area contributed by atoms with E-state index in [1.54, 1.807) is 18.2 Å². The Morgan fingerprint density at radius 1 is 1.18 bits per heavy atom. The van der Waals surface area contributed by atoms with E-state index in [2.05, 4.69) is 10.3 Å². The van der Waals surface area contributed by atoms with Crippen molar-refractivity contribution in [3.8, 4) is 0 Å². The van der Waals surface area contributed by atoms with Gasteiger partial charge in [0.1, 0.15) is 0 Å². The van der Waals surface area contributed by atoms with Crippen molar-refractivity contribution in [3.63, 3.8) is 0 Å². The Balaban J connectivity index is 1.63. The van der Waals surface area contributed by atoms with Crippen LogP contribution in [0.5, 0.6) is 0 Å². The number of benzene rings is 1. The molecule has 2 N–H and O–H groups in total. The molecule has 0 spiro atoms. The maximum Gasteiger partial charge on any atom is 0.293 e. The van der Waals surface area contributed by atoms with Crippen LogP contribution < -0.4 is 10.9 Å². The molecular formula is C18H13Cl2N3O4S. The molecule has 0 atom stereocenters. The summed E-state index contributed by atoms with van der Waals surface area (Å²) in [6.07, 6.45) is 2.80. The van der Waals surface area contributed by atoms with Crippen LogP contribution in [-0.4, -0.2) is 40.0 Å². The van der Waals surface area contributed by atoms with E-state index in [9.17, 15) is 19.2 Å². The van der Waals surface area contributed by atoms with Crippen LogP contribution in [0.2, 0.25) is 10.0 Å². The average Bonchev–Trinajstić information content (AvgIpc) is 2.93. The van der Waals surface area contributed by atoms with Crippen LogP contribution in [0.15, 0.2) is 46.2 Å². The standard InChI is InChI=1S/C18H13Cl2N3O4S/c19-12-3-1-2-10(15(12)20)8-13-17(26)23(18(27)28-13)7-6-21-16(25)11-4-5-14(24)22-9-11/h1-5,8-9H,6-7H2,(H,21,25)(H,22,24)/b13-8-. The largest absolute Gasteiger partial charge is 0.350 e. The monoisotopic (exact) mass is 437 g/mol. The molecule has 10 heteroatoms. The van der Waals surface area contributed by atoms with Gasteiger partial charge in [-0.3, -0.25) is 24.1 Å². The lowest BCUT2D eigenvalue weighted by Gasteiger charge is -2.13. The number of pyridine rings is 1. The Hall–Kier alpha value is -2.55. The van der Waals surface area contributed by atoms with E-state index in [0.717, 1.165) is 16.7 Å². The van der Waals surface area contributed by atoms with Gasteiger partial charge in [0.25, 0.3) is 17.1 Å². The minimum atomic E-state index is -0.468. The van der Waals surface area contributed by atoms with Gasteiger partial charge in [-0.05, 0) is 35.5 Å². The van der Waals surface area contributed by atoms with E-state index < -0.39 is 17.1 Å². The normalized spacial score (nSPS) is 15.4. The van der Waals surface area contributed by atoms with Gasteiger partial charge >= 0.3 is 0 Å². The Morgan fingerprint density at radius 2 is 1.96 bits per heavy atom. The SMILES string of the molecule is O=C(NCCN1C(=O)S/C(=C\c2cccc(Cl)c2Cl)C1=O)c1ccc(=O)[nH]c1. The van der Waals surface area contributed by atoms with E-state index >= 15 is 0 Å². The molecule has 7 nitrogen and oxygen atoms in total. The fourth-order valence-corrected chi connectivity index (χ4v) is 3.62. The number of aromatic nitrogens is 1. The summed E-state index contributed by atoms with van der Waals surface area (Å²) in [7, 11) is 0. The van der Waals surface area contributed by atoms with Crippen LogP contribution >= 0.6 is 35.0 Å². The van der Waals surface area contributed by atoms with E-state index in [0.29, 0.717) is 15.6 Å². The van der Waals surface area contributed by atoms with Crippen molar-refractivity contribution in [2.45, 2.75) is 0 Å². The number of rotatable bonds is 5. The topological polar surface area (TPSA) is 99.3 Å². The molecule has 0 radical (unpaired) electrons. The summed E-state index contributed by atoms with van der Waals surface area (Å²) in [5.41, 5.74) is 0.483. The Morgan fingerprint density at radius 3 is 2.68 bits per heavy atom. The molecule has 0 bridgehead atoms. The van der Waals surface area contributed by atoms with E-state index in [4.69, 9.17) is 23.2 Å². The van der Waals surface area contributed by atoms with Crippen LogP contribution in [0.25, 0.3) is 6.08 Å². The van der Waals surface area contributed by atoms with Crippen LogP contribution in [0, 0.1) is 0 Å². The minimum Gasteiger partial charge on any atom is -0.350 e. The number of hydrogen-bond donors (Lipinski definition) is 2. The molecule has 1 aliphatic heterocycles. The number of thioether (sulfide) groups is 1. The predicted octanol–water partition coefficient (Wildman–Crippen LogP) is 3.15. The Bertz CT molecular complexity index is 1030. The number of hydrogen-bond acceptors (Lipinski definition) is 5. The lowest BCUT2D eigenvalue weighted by Crippen LogP contribution is -2.37. The smallest absolute Gasteiger partial charge is 0.293 e. The van der Waals surface area contributed by atoms with Gasteiger partial charge in [-0.1, -0.05) is 35.3 Å². The van der Waals surface area contributed by atoms with Gasteiger partial charge in [0, 0.05) is 25.4 Å². The third-order valence-electron chi connectivity index (χ3n) is 3.81. The van der Waals surface area contributed by atoms with Gasteiger partial charge in [-0.2, -0.15) is 0 Å². The fourth-order valence-electron chi connectivity index (χ4n) is 2.40. The zero-order chi connectivity index (χ0) is 20.3. The summed E-state index contributed by atoms with van der Waals surface area (Å²) in [5.74, 6) is -0.895. The quantitative estimate of drug-likeness (QED) is 0.699. The summed E-state index contributed by atoms with van der Waals surface area (Å²) in [6, 6.07) is 7.62. The van der Waals surface area contributed by atoms with Gasteiger partial charge < -0.3 is 10.3 Å². The van der Waals surface area contributed by atoms with Crippen LogP contribution in [0.1, 0.15) is 15.9 Å². The summed E-state index contributed by atoms with van der Waals surface area (Å²) in [6.45, 7) is 0.0849. The van der Waals surface area contributed by atoms with Gasteiger partial charge in [0.05, 0.1) is 20.5 Å². The van der Waals surface area contributed by atoms with Crippen molar-refractivity contribution in [2.24, 2.45) is 0 Å². The molecule has 2 heterocycles. The minimum absolute atomic E-state index is 0.0143. The van der Waals surface area contributed by atoms with Gasteiger partial charge in [-0.15, -0.1) is 0 Å². The predicted molar refractivity (Wildman–Crippen MR) is 109 cm³/mol. The van der Waals surface area contributed by atoms with Crippen molar-refractivity contribution in [2.75, 3.05) is 13.1 Å². The second kappa shape index (κ2) is 8.64. The summed E-state index contributed by atoms with van der Waals surface area (Å²) in [4.78, 5) is 51.3. The maximum absolute atomic E-state index is 12.5. The number of amides is 3. The number of imide groups is 1. The lowest BCUT2D eigenvalue weighted by atomic mass is 10.2. The number of H-pyrrole nitrogens is 1. The van der Waals surface area contributed by atoms with Crippen molar-refractivity contribution >= 4 is 58.1 Å². The molecular weight excluding hydrogens is 425 g/mol. The fraction of sp³-hybridized carbons (Fsp3) is 0.111. The van der Waals surface area contributed by atoms with Crippen LogP contribution in [-0.2, 0) is 4.79 Å². The Labute approximate surface area is 173 Å². The average molecular weight is 438 g/mol. The number of halogens is 2. The highest BCUT2D eigenvalue weighted by Gasteiger charge is 2.34. The molecule has 2 aromatic rings. The van der Waals surface area contributed by atoms with E-state index in [1.165, 1.54) is 24.4 Å². The molecule has 3 rings (SSSR count). The third kappa shape index (κ3) is 4.46. The van der Waals surface area contributed by atoms with E-state index in [1.807, 2.05) is 0 Å². The number of carbonyl (C=O) groups excluding carboxylic acids is 3. The Kier molecular flexibility index (Phi) is 6.23. The second-order valence-electron chi connectivity index (χ2n) is 5.67. The maximum atomic E-state index is 12.5. The van der Waals surface area contributed by atoms with Crippen molar-refractivity contribution in [3.05, 3.63) is 73.0 Å². The number of nitrogens with zero attached hydrogens (tertiary/aromatic N) is 1. The number of carbonyl (C=O) groups is 3. The zero-order valence-electron chi connectivity index (χ0n) is 14.2. The molecule has 0 aliphatic carbocycles. The molecule has 1 aromatic carbocycles. The molecule has 28 heavy (non-hydrogen) atoms. The molecule has 0 saturated carbocycles. The highest BCUT2D eigenvalue weighted by atomic mass is 35.5. The number of aromatic amines is 1. The first-order valence-corrected chi connectivity index (χ1v) is 9.60. The van der Waals surface area contributed by atoms with Crippen LogP contribution in [0.3, 0.4) is 0 Å². The van der Waals surface area contributed by atoms with E-state index in [-0.39, 0.29) is 29.1 Å². The molecule has 0 unspecified atom stereocenters. The first kappa shape index (κ1) is 20.2. The van der Waals surface area contributed by atoms with Crippen molar-refractivity contribution in [1.29, 1.82) is 0 Å². The zero-order valence-corrected chi connectivity index (χ0v) is 16.5. The first-order chi connectivity index (χ1) is 13.4. The lowest BCUT2D eigenvalue weighted by molar-refractivity contribution is -0.122.